The fourth-order valence-electron chi connectivity index (χ4n) is 1.65. The van der Waals surface area contributed by atoms with Gasteiger partial charge in [0.1, 0.15) is 11.4 Å². The van der Waals surface area contributed by atoms with Crippen LogP contribution < -0.4 is 11.1 Å². The number of aryl methyl sites for hydroxylation is 2. The van der Waals surface area contributed by atoms with Crippen molar-refractivity contribution in [3.63, 3.8) is 0 Å². The summed E-state index contributed by atoms with van der Waals surface area (Å²) in [6.07, 6.45) is 1.03. The molecule has 0 bridgehead atoms. The van der Waals surface area contributed by atoms with E-state index < -0.39 is 5.91 Å². The van der Waals surface area contributed by atoms with Gasteiger partial charge in [-0.3, -0.25) is 4.79 Å². The van der Waals surface area contributed by atoms with E-state index in [1.165, 1.54) is 0 Å². The number of primary amides is 1. The zero-order valence-corrected chi connectivity index (χ0v) is 7.50. The molecular weight excluding hydrogens is 168 g/mol. The number of nitrogens with two attached hydrogens (primary N) is 1. The molecule has 0 aliphatic carbocycles. The topological polar surface area (TPSA) is 72.9 Å². The smallest absolute Gasteiger partial charge is 0.254 e. The molecule has 0 saturated carbocycles. The molecule has 0 aromatic carbocycles. The van der Waals surface area contributed by atoms with E-state index in [-0.39, 0.29) is 0 Å². The molecule has 0 saturated heterocycles. The monoisotopic (exact) mass is 180 g/mol. The van der Waals surface area contributed by atoms with E-state index in [1.807, 2.05) is 0 Å². The second-order valence-electron chi connectivity index (χ2n) is 3.18. The van der Waals surface area contributed by atoms with Gasteiger partial charge in [-0.15, -0.1) is 0 Å². The maximum absolute atomic E-state index is 11.1. The van der Waals surface area contributed by atoms with Crippen molar-refractivity contribution < 1.29 is 4.79 Å². The second-order valence-corrected chi connectivity index (χ2v) is 3.18. The predicted molar refractivity (Wildman–Crippen MR) is 48.6 cm³/mol. The molecule has 0 radical (unpaired) electrons. The zero-order chi connectivity index (χ0) is 9.42. The third-order valence-electron chi connectivity index (χ3n) is 2.21. The Morgan fingerprint density at radius 3 is 3.15 bits per heavy atom. The van der Waals surface area contributed by atoms with Gasteiger partial charge in [0.05, 0.1) is 5.69 Å². The first-order chi connectivity index (χ1) is 6.20. The van der Waals surface area contributed by atoms with Gasteiger partial charge >= 0.3 is 0 Å². The van der Waals surface area contributed by atoms with E-state index >= 15 is 0 Å². The van der Waals surface area contributed by atoms with Gasteiger partial charge in [0.2, 0.25) is 0 Å². The van der Waals surface area contributed by atoms with Gasteiger partial charge in [0, 0.05) is 13.1 Å². The fourth-order valence-corrected chi connectivity index (χ4v) is 1.65. The molecule has 0 atom stereocenters. The minimum absolute atomic E-state index is 0.409. The molecular formula is C8H12N4O. The van der Waals surface area contributed by atoms with Gasteiger partial charge in [-0.05, 0) is 13.3 Å². The Morgan fingerprint density at radius 1 is 1.69 bits per heavy atom. The molecule has 1 aliphatic rings. The summed E-state index contributed by atoms with van der Waals surface area (Å²) in [6.45, 7) is 3.54. The van der Waals surface area contributed by atoms with Crippen LogP contribution >= 0.6 is 0 Å². The van der Waals surface area contributed by atoms with E-state index in [1.54, 1.807) is 11.6 Å². The molecule has 0 spiro atoms. The Balaban J connectivity index is 2.54. The highest BCUT2D eigenvalue weighted by Crippen LogP contribution is 2.21. The number of aromatic nitrogens is 2. The van der Waals surface area contributed by atoms with Crippen LogP contribution in [0.4, 0.5) is 5.82 Å². The molecule has 70 valence electrons. The lowest BCUT2D eigenvalue weighted by molar-refractivity contribution is 0.100. The van der Waals surface area contributed by atoms with Crippen LogP contribution in [0.25, 0.3) is 0 Å². The van der Waals surface area contributed by atoms with Crippen LogP contribution in [-0.4, -0.2) is 22.2 Å². The lowest BCUT2D eigenvalue weighted by Crippen LogP contribution is -2.21. The molecule has 1 aliphatic heterocycles. The van der Waals surface area contributed by atoms with Gasteiger partial charge in [0.25, 0.3) is 5.91 Å². The van der Waals surface area contributed by atoms with E-state index in [0.29, 0.717) is 11.3 Å². The number of nitrogens with one attached hydrogen (secondary N) is 1. The van der Waals surface area contributed by atoms with Crippen molar-refractivity contribution in [2.45, 2.75) is 19.9 Å². The summed E-state index contributed by atoms with van der Waals surface area (Å²) >= 11 is 0. The van der Waals surface area contributed by atoms with Crippen LogP contribution in [0.5, 0.6) is 0 Å². The molecule has 1 aromatic heterocycles. The third kappa shape index (κ3) is 1.16. The van der Waals surface area contributed by atoms with E-state index in [4.69, 9.17) is 5.73 Å². The quantitative estimate of drug-likeness (QED) is 0.644. The van der Waals surface area contributed by atoms with E-state index in [2.05, 4.69) is 10.4 Å². The van der Waals surface area contributed by atoms with Gasteiger partial charge in [-0.2, -0.15) is 5.10 Å². The molecule has 0 unspecified atom stereocenters. The largest absolute Gasteiger partial charge is 0.370 e. The molecule has 1 amide bonds. The lowest BCUT2D eigenvalue weighted by Gasteiger charge is -2.15. The van der Waals surface area contributed by atoms with Crippen LogP contribution in [0.15, 0.2) is 0 Å². The Labute approximate surface area is 75.9 Å². The highest BCUT2D eigenvalue weighted by molar-refractivity contribution is 5.98. The molecule has 5 heteroatoms. The summed E-state index contributed by atoms with van der Waals surface area (Å²) in [5, 5.41) is 7.36. The van der Waals surface area contributed by atoms with Gasteiger partial charge < -0.3 is 11.1 Å². The van der Waals surface area contributed by atoms with Crippen molar-refractivity contribution in [1.29, 1.82) is 0 Å². The standard InChI is InChI=1S/C8H12N4O/c1-5-6(7(9)13)8-10-3-2-4-12(8)11-5/h10H,2-4H2,1H3,(H2,9,13). The van der Waals surface area contributed by atoms with Crippen LogP contribution in [0.3, 0.4) is 0 Å². The van der Waals surface area contributed by atoms with Crippen LogP contribution in [0, 0.1) is 6.92 Å². The minimum atomic E-state index is -0.409. The number of carbonyl (C=O) groups is 1. The van der Waals surface area contributed by atoms with Crippen molar-refractivity contribution >= 4 is 11.7 Å². The zero-order valence-electron chi connectivity index (χ0n) is 7.50. The summed E-state index contributed by atoms with van der Waals surface area (Å²) in [4.78, 5) is 11.1. The number of hydrogen-bond donors (Lipinski definition) is 2. The first-order valence-corrected chi connectivity index (χ1v) is 4.31. The van der Waals surface area contributed by atoms with Crippen molar-refractivity contribution in [2.24, 2.45) is 5.73 Å². The predicted octanol–water partition coefficient (Wildman–Crippen LogP) is 0.106. The number of hydrogen-bond acceptors (Lipinski definition) is 3. The minimum Gasteiger partial charge on any atom is -0.370 e. The molecule has 1 aromatic rings. The number of fused-ring (bicyclic) bond motifs is 1. The van der Waals surface area contributed by atoms with Crippen molar-refractivity contribution in [1.82, 2.24) is 9.78 Å². The third-order valence-corrected chi connectivity index (χ3v) is 2.21. The van der Waals surface area contributed by atoms with Crippen molar-refractivity contribution in [3.8, 4) is 0 Å². The highest BCUT2D eigenvalue weighted by atomic mass is 16.1. The molecule has 2 rings (SSSR count). The van der Waals surface area contributed by atoms with Crippen LogP contribution in [-0.2, 0) is 6.54 Å². The van der Waals surface area contributed by atoms with Gasteiger partial charge in [-0.25, -0.2) is 4.68 Å². The van der Waals surface area contributed by atoms with E-state index in [0.717, 1.165) is 25.3 Å². The van der Waals surface area contributed by atoms with E-state index in [9.17, 15) is 4.79 Å². The summed E-state index contributed by atoms with van der Waals surface area (Å²) in [5.41, 5.74) is 6.48. The molecule has 0 fully saturated rings. The Kier molecular flexibility index (Phi) is 1.72. The number of nitrogens with zero attached hydrogens (tertiary/aromatic N) is 2. The number of anilines is 1. The normalized spacial score (nSPS) is 14.8. The van der Waals surface area contributed by atoms with Crippen LogP contribution in [0.1, 0.15) is 22.5 Å². The summed E-state index contributed by atoms with van der Waals surface area (Å²) < 4.78 is 1.80. The van der Waals surface area contributed by atoms with Gasteiger partial charge in [0.15, 0.2) is 0 Å². The first-order valence-electron chi connectivity index (χ1n) is 4.31. The maximum Gasteiger partial charge on any atom is 0.254 e. The average Bonchev–Trinajstić information content (AvgIpc) is 2.39. The molecule has 2 heterocycles. The molecule has 13 heavy (non-hydrogen) atoms. The number of carbonyl (C=O) groups excluding carboxylic acids is 1. The SMILES string of the molecule is Cc1nn2c(c1C(N)=O)NCCC2. The van der Waals surface area contributed by atoms with Gasteiger partial charge in [-0.1, -0.05) is 0 Å². The van der Waals surface area contributed by atoms with Crippen LogP contribution in [0.2, 0.25) is 0 Å². The Morgan fingerprint density at radius 2 is 2.46 bits per heavy atom. The molecule has 5 nitrogen and oxygen atoms in total. The summed E-state index contributed by atoms with van der Waals surface area (Å²) in [7, 11) is 0. The second kappa shape index (κ2) is 2.76. The Hall–Kier alpha value is -1.52. The number of amides is 1. The summed E-state index contributed by atoms with van der Waals surface area (Å²) in [6, 6.07) is 0. The highest BCUT2D eigenvalue weighted by Gasteiger charge is 2.20. The first kappa shape index (κ1) is 8.10. The average molecular weight is 180 g/mol. The van der Waals surface area contributed by atoms with Crippen molar-refractivity contribution in [2.75, 3.05) is 11.9 Å². The molecule has 3 N–H and O–H groups in total. The Bertz CT molecular complexity index is 355. The number of rotatable bonds is 1. The fraction of sp³-hybridized carbons (Fsp3) is 0.500. The van der Waals surface area contributed by atoms with Crippen molar-refractivity contribution in [3.05, 3.63) is 11.3 Å². The maximum atomic E-state index is 11.1. The summed E-state index contributed by atoms with van der Waals surface area (Å²) in [5.74, 6) is 0.365. The lowest BCUT2D eigenvalue weighted by atomic mass is 10.2.